The lowest BCUT2D eigenvalue weighted by atomic mass is 10.1. The molecule has 1 aromatic carbocycles. The molecule has 0 aromatic heterocycles. The lowest BCUT2D eigenvalue weighted by Crippen LogP contribution is -2.27. The van der Waals surface area contributed by atoms with E-state index >= 15 is 0 Å². The molecule has 1 rings (SSSR count). The number of amides is 1. The topological polar surface area (TPSA) is 72.2 Å². The maximum Gasteiger partial charge on any atom is 0.251 e. The number of hydrogen-bond donors (Lipinski definition) is 2. The second kappa shape index (κ2) is 6.40. The van der Waals surface area contributed by atoms with Gasteiger partial charge in [0.2, 0.25) is 0 Å². The third-order valence-corrected chi connectivity index (χ3v) is 2.91. The smallest absolute Gasteiger partial charge is 0.251 e. The molecule has 0 heterocycles. The van der Waals surface area contributed by atoms with Crippen molar-refractivity contribution in [1.82, 2.24) is 5.32 Å². The molecule has 0 aliphatic rings. The first-order chi connectivity index (χ1) is 7.63. The van der Waals surface area contributed by atoms with Gasteiger partial charge in [-0.05, 0) is 17.7 Å². The predicted octanol–water partition coefficient (Wildman–Crippen LogP) is 0.254. The molecule has 0 aliphatic heterocycles. The van der Waals surface area contributed by atoms with Crippen LogP contribution in [0, 0.1) is 0 Å². The SMILES string of the molecule is CS(=O)CCNC(=O)c1ccc(CN)cc1. The van der Waals surface area contributed by atoms with Gasteiger partial charge in [-0.1, -0.05) is 12.1 Å². The van der Waals surface area contributed by atoms with Crippen LogP contribution in [0.4, 0.5) is 0 Å². The second-order valence-corrected chi connectivity index (χ2v) is 4.99. The molecule has 5 heteroatoms. The van der Waals surface area contributed by atoms with E-state index < -0.39 is 10.8 Å². The molecule has 0 bridgehead atoms. The van der Waals surface area contributed by atoms with E-state index in [1.165, 1.54) is 0 Å². The number of nitrogens with two attached hydrogens (primary N) is 1. The zero-order valence-electron chi connectivity index (χ0n) is 9.23. The average Bonchev–Trinajstić information content (AvgIpc) is 2.28. The minimum absolute atomic E-state index is 0.144. The van der Waals surface area contributed by atoms with E-state index in [-0.39, 0.29) is 5.91 Å². The number of rotatable bonds is 5. The summed E-state index contributed by atoms with van der Waals surface area (Å²) in [5, 5.41) is 2.70. The predicted molar refractivity (Wildman–Crippen MR) is 65.6 cm³/mol. The Balaban J connectivity index is 2.49. The summed E-state index contributed by atoms with van der Waals surface area (Å²) in [6.07, 6.45) is 1.61. The molecule has 1 amide bonds. The highest BCUT2D eigenvalue weighted by molar-refractivity contribution is 7.84. The molecule has 1 aromatic rings. The Labute approximate surface area is 97.7 Å². The minimum atomic E-state index is -0.875. The van der Waals surface area contributed by atoms with Crippen LogP contribution in [0.3, 0.4) is 0 Å². The van der Waals surface area contributed by atoms with Gasteiger partial charge in [0.15, 0.2) is 0 Å². The highest BCUT2D eigenvalue weighted by Crippen LogP contribution is 2.03. The van der Waals surface area contributed by atoms with E-state index in [4.69, 9.17) is 5.73 Å². The molecule has 16 heavy (non-hydrogen) atoms. The normalized spacial score (nSPS) is 12.1. The van der Waals surface area contributed by atoms with E-state index in [0.29, 0.717) is 24.4 Å². The molecule has 0 spiro atoms. The van der Waals surface area contributed by atoms with Gasteiger partial charge in [0, 0.05) is 41.5 Å². The fourth-order valence-corrected chi connectivity index (χ4v) is 1.59. The van der Waals surface area contributed by atoms with Crippen LogP contribution in [0.25, 0.3) is 0 Å². The Bertz CT molecular complexity index is 376. The van der Waals surface area contributed by atoms with E-state index in [1.54, 1.807) is 18.4 Å². The summed E-state index contributed by atoms with van der Waals surface area (Å²) in [7, 11) is -0.875. The van der Waals surface area contributed by atoms with Crippen LogP contribution in [-0.2, 0) is 17.3 Å². The Kier molecular flexibility index (Phi) is 5.14. The highest BCUT2D eigenvalue weighted by Gasteiger charge is 2.04. The molecular formula is C11H16N2O2S. The zero-order chi connectivity index (χ0) is 12.0. The molecule has 0 saturated carbocycles. The van der Waals surface area contributed by atoms with Gasteiger partial charge in [0.05, 0.1) is 0 Å². The maximum absolute atomic E-state index is 11.6. The molecule has 1 unspecified atom stereocenters. The van der Waals surface area contributed by atoms with Crippen molar-refractivity contribution < 1.29 is 9.00 Å². The second-order valence-electron chi connectivity index (χ2n) is 3.43. The van der Waals surface area contributed by atoms with E-state index in [9.17, 15) is 9.00 Å². The highest BCUT2D eigenvalue weighted by atomic mass is 32.2. The lowest BCUT2D eigenvalue weighted by Gasteiger charge is -2.04. The monoisotopic (exact) mass is 240 g/mol. The summed E-state index contributed by atoms with van der Waals surface area (Å²) >= 11 is 0. The molecule has 0 radical (unpaired) electrons. The van der Waals surface area contributed by atoms with Gasteiger partial charge in [0.1, 0.15) is 0 Å². The molecule has 1 atom stereocenters. The summed E-state index contributed by atoms with van der Waals surface area (Å²) in [6, 6.07) is 7.13. The Morgan fingerprint density at radius 3 is 2.50 bits per heavy atom. The van der Waals surface area contributed by atoms with Gasteiger partial charge >= 0.3 is 0 Å². The van der Waals surface area contributed by atoms with Gasteiger partial charge in [-0.2, -0.15) is 0 Å². The minimum Gasteiger partial charge on any atom is -0.351 e. The molecule has 4 nitrogen and oxygen atoms in total. The average molecular weight is 240 g/mol. The number of carbonyl (C=O) groups is 1. The number of carbonyl (C=O) groups excluding carboxylic acids is 1. The van der Waals surface area contributed by atoms with E-state index in [2.05, 4.69) is 5.32 Å². The van der Waals surface area contributed by atoms with Crippen molar-refractivity contribution in [1.29, 1.82) is 0 Å². The van der Waals surface area contributed by atoms with Crippen LogP contribution in [0.15, 0.2) is 24.3 Å². The third-order valence-electron chi connectivity index (χ3n) is 2.13. The Morgan fingerprint density at radius 2 is 2.00 bits per heavy atom. The van der Waals surface area contributed by atoms with Crippen LogP contribution >= 0.6 is 0 Å². The van der Waals surface area contributed by atoms with Crippen molar-refractivity contribution in [2.24, 2.45) is 5.73 Å². The largest absolute Gasteiger partial charge is 0.351 e. The van der Waals surface area contributed by atoms with Gasteiger partial charge in [0.25, 0.3) is 5.91 Å². The first-order valence-corrected chi connectivity index (χ1v) is 6.73. The van der Waals surface area contributed by atoms with Crippen LogP contribution in [-0.4, -0.2) is 28.7 Å². The van der Waals surface area contributed by atoms with Crippen LogP contribution < -0.4 is 11.1 Å². The van der Waals surface area contributed by atoms with Crippen molar-refractivity contribution >= 4 is 16.7 Å². The van der Waals surface area contributed by atoms with Crippen LogP contribution in [0.2, 0.25) is 0 Å². The summed E-state index contributed by atoms with van der Waals surface area (Å²) in [5.41, 5.74) is 7.04. The first-order valence-electron chi connectivity index (χ1n) is 5.00. The molecular weight excluding hydrogens is 224 g/mol. The summed E-state index contributed by atoms with van der Waals surface area (Å²) in [5.74, 6) is 0.334. The lowest BCUT2D eigenvalue weighted by molar-refractivity contribution is 0.0956. The number of benzene rings is 1. The van der Waals surface area contributed by atoms with Gasteiger partial charge < -0.3 is 11.1 Å². The van der Waals surface area contributed by atoms with Crippen molar-refractivity contribution in [3.8, 4) is 0 Å². The van der Waals surface area contributed by atoms with Crippen molar-refractivity contribution in [3.63, 3.8) is 0 Å². The Hall–Kier alpha value is -1.20. The van der Waals surface area contributed by atoms with Gasteiger partial charge in [-0.15, -0.1) is 0 Å². The quantitative estimate of drug-likeness (QED) is 0.775. The van der Waals surface area contributed by atoms with Crippen LogP contribution in [0.5, 0.6) is 0 Å². The molecule has 0 saturated heterocycles. The number of hydrogen-bond acceptors (Lipinski definition) is 3. The van der Waals surface area contributed by atoms with Crippen LogP contribution in [0.1, 0.15) is 15.9 Å². The zero-order valence-corrected chi connectivity index (χ0v) is 10.0. The van der Waals surface area contributed by atoms with E-state index in [0.717, 1.165) is 5.56 Å². The fourth-order valence-electron chi connectivity index (χ4n) is 1.20. The van der Waals surface area contributed by atoms with Crippen molar-refractivity contribution in [2.45, 2.75) is 6.54 Å². The summed E-state index contributed by atoms with van der Waals surface area (Å²) < 4.78 is 10.8. The van der Waals surface area contributed by atoms with Gasteiger partial charge in [-0.25, -0.2) is 0 Å². The Morgan fingerprint density at radius 1 is 1.38 bits per heavy atom. The standard InChI is InChI=1S/C11H16N2O2S/c1-16(15)7-6-13-11(14)10-4-2-9(8-12)3-5-10/h2-5H,6-8,12H2,1H3,(H,13,14). The van der Waals surface area contributed by atoms with Gasteiger partial charge in [-0.3, -0.25) is 9.00 Å². The molecule has 0 aliphatic carbocycles. The van der Waals surface area contributed by atoms with E-state index in [1.807, 2.05) is 12.1 Å². The molecule has 0 fully saturated rings. The maximum atomic E-state index is 11.6. The summed E-state index contributed by atoms with van der Waals surface area (Å²) in [6.45, 7) is 0.900. The number of nitrogens with one attached hydrogen (secondary N) is 1. The summed E-state index contributed by atoms with van der Waals surface area (Å²) in [4.78, 5) is 11.6. The van der Waals surface area contributed by atoms with Crippen molar-refractivity contribution in [2.75, 3.05) is 18.6 Å². The third kappa shape index (κ3) is 4.12. The first kappa shape index (κ1) is 12.9. The molecule has 3 N–H and O–H groups in total. The van der Waals surface area contributed by atoms with Crippen molar-refractivity contribution in [3.05, 3.63) is 35.4 Å². The molecule has 88 valence electrons. The fraction of sp³-hybridized carbons (Fsp3) is 0.364.